The lowest BCUT2D eigenvalue weighted by Crippen LogP contribution is -2.31. The van der Waals surface area contributed by atoms with Crippen LogP contribution in [-0.4, -0.2) is 36.0 Å². The molecule has 5 nitrogen and oxygen atoms in total. The lowest BCUT2D eigenvalue weighted by atomic mass is 10.1. The Hall–Kier alpha value is -2.82. The highest BCUT2D eigenvalue weighted by atomic mass is 16.5. The molecule has 0 heterocycles. The molecule has 0 saturated heterocycles. The summed E-state index contributed by atoms with van der Waals surface area (Å²) in [6.45, 7) is 1.69. The van der Waals surface area contributed by atoms with Gasteiger partial charge < -0.3 is 14.7 Å². The van der Waals surface area contributed by atoms with E-state index in [-0.39, 0.29) is 17.2 Å². The minimum atomic E-state index is -1.06. The van der Waals surface area contributed by atoms with Gasteiger partial charge in [0.05, 0.1) is 0 Å². The van der Waals surface area contributed by atoms with Crippen LogP contribution >= 0.6 is 0 Å². The Morgan fingerprint density at radius 3 is 2.30 bits per heavy atom. The Labute approximate surface area is 135 Å². The van der Waals surface area contributed by atoms with Crippen molar-refractivity contribution in [3.8, 4) is 5.75 Å². The zero-order chi connectivity index (χ0) is 17.0. The molecule has 5 heteroatoms. The van der Waals surface area contributed by atoms with Crippen LogP contribution in [0.5, 0.6) is 5.75 Å². The molecule has 0 saturated carbocycles. The fourth-order valence-electron chi connectivity index (χ4n) is 2.12. The molecule has 23 heavy (non-hydrogen) atoms. The molecule has 1 amide bonds. The molecule has 0 aromatic heterocycles. The summed E-state index contributed by atoms with van der Waals surface area (Å²) >= 11 is 0. The molecule has 0 radical (unpaired) electrons. The molecule has 0 aliphatic heterocycles. The molecule has 2 aromatic rings. The number of hydrogen-bond acceptors (Lipinski definition) is 4. The maximum Gasteiger partial charge on any atom is 0.343 e. The molecule has 0 bridgehead atoms. The molecular weight excluding hydrogens is 294 g/mol. The SMILES string of the molecule is Cc1cccc(C(=O)O[C@H](C(=O)N(C)C)c2ccccc2)c1O. The highest BCUT2D eigenvalue weighted by molar-refractivity contribution is 5.95. The molecule has 2 aromatic carbocycles. The van der Waals surface area contributed by atoms with E-state index in [1.54, 1.807) is 57.4 Å². The van der Waals surface area contributed by atoms with E-state index in [9.17, 15) is 14.7 Å². The number of benzene rings is 2. The molecule has 0 fully saturated rings. The van der Waals surface area contributed by atoms with Gasteiger partial charge in [-0.3, -0.25) is 4.79 Å². The monoisotopic (exact) mass is 313 g/mol. The number of carbonyl (C=O) groups is 2. The number of nitrogens with zero attached hydrogens (tertiary/aromatic N) is 1. The molecule has 1 atom stereocenters. The number of rotatable bonds is 4. The molecule has 0 aliphatic rings. The van der Waals surface area contributed by atoms with Crippen molar-refractivity contribution < 1.29 is 19.4 Å². The van der Waals surface area contributed by atoms with Crippen LogP contribution in [0.2, 0.25) is 0 Å². The average Bonchev–Trinajstić information content (AvgIpc) is 2.55. The van der Waals surface area contributed by atoms with Crippen LogP contribution in [0.3, 0.4) is 0 Å². The van der Waals surface area contributed by atoms with Gasteiger partial charge in [-0.15, -0.1) is 0 Å². The van der Waals surface area contributed by atoms with Crippen molar-refractivity contribution >= 4 is 11.9 Å². The number of hydrogen-bond donors (Lipinski definition) is 1. The predicted octanol–water partition coefficient (Wildman–Crippen LogP) is 2.69. The zero-order valence-electron chi connectivity index (χ0n) is 13.3. The van der Waals surface area contributed by atoms with E-state index in [2.05, 4.69) is 0 Å². The Morgan fingerprint density at radius 2 is 1.70 bits per heavy atom. The lowest BCUT2D eigenvalue weighted by molar-refractivity contribution is -0.138. The van der Waals surface area contributed by atoms with Crippen LogP contribution in [-0.2, 0) is 9.53 Å². The van der Waals surface area contributed by atoms with Crippen molar-refractivity contribution in [2.45, 2.75) is 13.0 Å². The van der Waals surface area contributed by atoms with E-state index >= 15 is 0 Å². The fraction of sp³-hybridized carbons (Fsp3) is 0.222. The van der Waals surface area contributed by atoms with Gasteiger partial charge in [0, 0.05) is 19.7 Å². The summed E-state index contributed by atoms with van der Waals surface area (Å²) in [7, 11) is 3.19. The van der Waals surface area contributed by atoms with E-state index < -0.39 is 12.1 Å². The summed E-state index contributed by atoms with van der Waals surface area (Å²) in [6.07, 6.45) is -1.06. The number of esters is 1. The number of amides is 1. The molecule has 1 N–H and O–H groups in total. The summed E-state index contributed by atoms with van der Waals surface area (Å²) in [5.74, 6) is -1.23. The smallest absolute Gasteiger partial charge is 0.343 e. The molecular formula is C18H19NO4. The minimum Gasteiger partial charge on any atom is -0.507 e. The zero-order valence-corrected chi connectivity index (χ0v) is 13.3. The summed E-state index contributed by atoms with van der Waals surface area (Å²) in [5, 5.41) is 10.0. The summed E-state index contributed by atoms with van der Waals surface area (Å²) in [5.41, 5.74) is 1.18. The first kappa shape index (κ1) is 16.5. The van der Waals surface area contributed by atoms with Gasteiger partial charge in [-0.1, -0.05) is 42.5 Å². The Bertz CT molecular complexity index is 710. The van der Waals surface area contributed by atoms with Gasteiger partial charge in [-0.05, 0) is 18.6 Å². The number of phenolic OH excluding ortho intramolecular Hbond substituents is 1. The number of ether oxygens (including phenoxy) is 1. The first-order chi connectivity index (χ1) is 10.9. The second-order valence-corrected chi connectivity index (χ2v) is 5.40. The van der Waals surface area contributed by atoms with Crippen LogP contribution in [0.1, 0.15) is 27.6 Å². The molecule has 0 unspecified atom stereocenters. The molecule has 120 valence electrons. The van der Waals surface area contributed by atoms with Gasteiger partial charge in [0.2, 0.25) is 6.10 Å². The van der Waals surface area contributed by atoms with Gasteiger partial charge in [-0.25, -0.2) is 4.79 Å². The van der Waals surface area contributed by atoms with Crippen LogP contribution in [0.4, 0.5) is 0 Å². The van der Waals surface area contributed by atoms with Gasteiger partial charge in [0.1, 0.15) is 11.3 Å². The van der Waals surface area contributed by atoms with Gasteiger partial charge in [0.15, 0.2) is 0 Å². The standard InChI is InChI=1S/C18H19NO4/c1-12-8-7-11-14(15(12)20)18(22)23-16(17(21)19(2)3)13-9-5-4-6-10-13/h4-11,16,20H,1-3H3/t16-/m0/s1. The third-order valence-corrected chi connectivity index (χ3v) is 3.45. The van der Waals surface area contributed by atoms with E-state index in [0.29, 0.717) is 11.1 Å². The predicted molar refractivity (Wildman–Crippen MR) is 86.1 cm³/mol. The maximum absolute atomic E-state index is 12.4. The topological polar surface area (TPSA) is 66.8 Å². The van der Waals surface area contributed by atoms with Crippen LogP contribution in [0.25, 0.3) is 0 Å². The van der Waals surface area contributed by atoms with Crippen molar-refractivity contribution in [1.29, 1.82) is 0 Å². The number of para-hydroxylation sites is 1. The average molecular weight is 313 g/mol. The molecule has 0 spiro atoms. The highest BCUT2D eigenvalue weighted by Gasteiger charge is 2.28. The summed E-state index contributed by atoms with van der Waals surface area (Å²) in [6, 6.07) is 13.6. The van der Waals surface area contributed by atoms with Gasteiger partial charge in [0.25, 0.3) is 5.91 Å². The number of phenols is 1. The van der Waals surface area contributed by atoms with Crippen LogP contribution in [0.15, 0.2) is 48.5 Å². The van der Waals surface area contributed by atoms with Crippen molar-refractivity contribution in [2.24, 2.45) is 0 Å². The van der Waals surface area contributed by atoms with Gasteiger partial charge >= 0.3 is 5.97 Å². The number of likely N-dealkylation sites (N-methyl/N-ethyl adjacent to an activating group) is 1. The Morgan fingerprint density at radius 1 is 1.04 bits per heavy atom. The fourth-order valence-corrected chi connectivity index (χ4v) is 2.12. The van der Waals surface area contributed by atoms with Crippen molar-refractivity contribution in [3.63, 3.8) is 0 Å². The normalized spacial score (nSPS) is 11.6. The van der Waals surface area contributed by atoms with Gasteiger partial charge in [-0.2, -0.15) is 0 Å². The lowest BCUT2D eigenvalue weighted by Gasteiger charge is -2.21. The van der Waals surface area contributed by atoms with E-state index in [1.807, 2.05) is 6.07 Å². The Balaban J connectivity index is 2.33. The third-order valence-electron chi connectivity index (χ3n) is 3.45. The first-order valence-corrected chi connectivity index (χ1v) is 7.17. The second-order valence-electron chi connectivity index (χ2n) is 5.40. The minimum absolute atomic E-state index is 0.0393. The van der Waals surface area contributed by atoms with Crippen molar-refractivity contribution in [1.82, 2.24) is 4.90 Å². The molecule has 2 rings (SSSR count). The van der Waals surface area contributed by atoms with E-state index in [0.717, 1.165) is 0 Å². The van der Waals surface area contributed by atoms with Crippen molar-refractivity contribution in [2.75, 3.05) is 14.1 Å². The Kier molecular flexibility index (Phi) is 5.01. The van der Waals surface area contributed by atoms with Crippen molar-refractivity contribution in [3.05, 3.63) is 65.2 Å². The largest absolute Gasteiger partial charge is 0.507 e. The van der Waals surface area contributed by atoms with E-state index in [1.165, 1.54) is 11.0 Å². The number of carbonyl (C=O) groups excluding carboxylic acids is 2. The van der Waals surface area contributed by atoms with Crippen LogP contribution < -0.4 is 0 Å². The first-order valence-electron chi connectivity index (χ1n) is 7.17. The maximum atomic E-state index is 12.4. The summed E-state index contributed by atoms with van der Waals surface area (Å²) < 4.78 is 5.39. The summed E-state index contributed by atoms with van der Waals surface area (Å²) in [4.78, 5) is 26.1. The number of aromatic hydroxyl groups is 1. The third kappa shape index (κ3) is 3.69. The van der Waals surface area contributed by atoms with Crippen LogP contribution in [0, 0.1) is 6.92 Å². The van der Waals surface area contributed by atoms with E-state index in [4.69, 9.17) is 4.74 Å². The molecule has 0 aliphatic carbocycles. The highest BCUT2D eigenvalue weighted by Crippen LogP contribution is 2.26. The number of aryl methyl sites for hydroxylation is 1. The quantitative estimate of drug-likeness (QED) is 0.881. The second kappa shape index (κ2) is 6.96.